The molecule has 0 aliphatic rings. The number of nitrogens with zero attached hydrogens (tertiary/aromatic N) is 1. The zero-order valence-electron chi connectivity index (χ0n) is 8.26. The number of rotatable bonds is 4. The zero-order chi connectivity index (χ0) is 12.0. The Hall–Kier alpha value is -1.80. The standard InChI is InChI=1S/C10H9ClFN3O/c11-8-2-1-7(12)5-9(8)15-6-10(16)14-4-3-13/h1-2,5,15H,4,6H2,(H,14,16). The third-order valence-corrected chi connectivity index (χ3v) is 2.06. The van der Waals surface area contributed by atoms with Crippen molar-refractivity contribution in [2.45, 2.75) is 0 Å². The Morgan fingerprint density at radius 1 is 1.56 bits per heavy atom. The first-order chi connectivity index (χ1) is 7.63. The topological polar surface area (TPSA) is 64.9 Å². The Labute approximate surface area is 97.0 Å². The summed E-state index contributed by atoms with van der Waals surface area (Å²) >= 11 is 5.77. The third kappa shape index (κ3) is 3.75. The number of hydrogen-bond acceptors (Lipinski definition) is 3. The van der Waals surface area contributed by atoms with Gasteiger partial charge in [-0.25, -0.2) is 4.39 Å². The normalized spacial score (nSPS) is 9.31. The van der Waals surface area contributed by atoms with Gasteiger partial charge in [-0.3, -0.25) is 4.79 Å². The molecule has 84 valence electrons. The molecule has 0 unspecified atom stereocenters. The van der Waals surface area contributed by atoms with Crippen LogP contribution in [0.3, 0.4) is 0 Å². The predicted octanol–water partition coefficient (Wildman–Crippen LogP) is 1.53. The first kappa shape index (κ1) is 12.3. The van der Waals surface area contributed by atoms with Crippen LogP contribution in [0.2, 0.25) is 5.02 Å². The van der Waals surface area contributed by atoms with Crippen molar-refractivity contribution in [3.05, 3.63) is 29.0 Å². The zero-order valence-corrected chi connectivity index (χ0v) is 9.01. The highest BCUT2D eigenvalue weighted by Crippen LogP contribution is 2.21. The largest absolute Gasteiger partial charge is 0.375 e. The second-order valence-electron chi connectivity index (χ2n) is 2.91. The summed E-state index contributed by atoms with van der Waals surface area (Å²) in [4.78, 5) is 11.1. The first-order valence-electron chi connectivity index (χ1n) is 4.46. The Morgan fingerprint density at radius 3 is 3.00 bits per heavy atom. The monoisotopic (exact) mass is 241 g/mol. The molecule has 2 N–H and O–H groups in total. The Morgan fingerprint density at radius 2 is 2.31 bits per heavy atom. The summed E-state index contributed by atoms with van der Waals surface area (Å²) in [5.41, 5.74) is 0.341. The van der Waals surface area contributed by atoms with Gasteiger partial charge in [0.05, 0.1) is 23.3 Å². The number of carbonyl (C=O) groups excluding carboxylic acids is 1. The van der Waals surface area contributed by atoms with E-state index in [1.165, 1.54) is 18.2 Å². The molecule has 0 saturated carbocycles. The molecular formula is C10H9ClFN3O. The SMILES string of the molecule is N#CCNC(=O)CNc1cc(F)ccc1Cl. The van der Waals surface area contributed by atoms with Gasteiger partial charge in [0.1, 0.15) is 12.4 Å². The van der Waals surface area contributed by atoms with Gasteiger partial charge in [0, 0.05) is 0 Å². The molecule has 0 spiro atoms. The minimum absolute atomic E-state index is 0.0581. The van der Waals surface area contributed by atoms with E-state index in [0.717, 1.165) is 0 Å². The van der Waals surface area contributed by atoms with Gasteiger partial charge in [0.2, 0.25) is 5.91 Å². The second kappa shape index (κ2) is 5.93. The Balaban J connectivity index is 2.51. The van der Waals surface area contributed by atoms with Crippen LogP contribution in [0.4, 0.5) is 10.1 Å². The van der Waals surface area contributed by atoms with E-state index < -0.39 is 5.82 Å². The highest BCUT2D eigenvalue weighted by atomic mass is 35.5. The molecule has 0 bridgehead atoms. The molecule has 0 aliphatic heterocycles. The smallest absolute Gasteiger partial charge is 0.240 e. The summed E-state index contributed by atoms with van der Waals surface area (Å²) in [6.07, 6.45) is 0. The fourth-order valence-corrected chi connectivity index (χ4v) is 1.19. The van der Waals surface area contributed by atoms with Gasteiger partial charge in [-0.1, -0.05) is 11.6 Å². The van der Waals surface area contributed by atoms with Crippen molar-refractivity contribution in [2.75, 3.05) is 18.4 Å². The molecule has 1 aromatic rings. The van der Waals surface area contributed by atoms with Crippen molar-refractivity contribution in [1.29, 1.82) is 5.26 Å². The molecule has 0 fully saturated rings. The number of benzene rings is 1. The lowest BCUT2D eigenvalue weighted by Gasteiger charge is -2.07. The van der Waals surface area contributed by atoms with E-state index in [0.29, 0.717) is 10.7 Å². The van der Waals surface area contributed by atoms with E-state index in [2.05, 4.69) is 10.6 Å². The van der Waals surface area contributed by atoms with Gasteiger partial charge < -0.3 is 10.6 Å². The summed E-state index contributed by atoms with van der Waals surface area (Å²) in [6, 6.07) is 5.59. The van der Waals surface area contributed by atoms with Gasteiger partial charge in [-0.05, 0) is 18.2 Å². The summed E-state index contributed by atoms with van der Waals surface area (Å²) in [5.74, 6) is -0.800. The quantitative estimate of drug-likeness (QED) is 0.786. The van der Waals surface area contributed by atoms with Gasteiger partial charge in [0.25, 0.3) is 0 Å². The highest BCUT2D eigenvalue weighted by molar-refractivity contribution is 6.33. The highest BCUT2D eigenvalue weighted by Gasteiger charge is 2.04. The first-order valence-corrected chi connectivity index (χ1v) is 4.84. The number of carbonyl (C=O) groups is 1. The van der Waals surface area contributed by atoms with E-state index in [1.54, 1.807) is 6.07 Å². The molecule has 6 heteroatoms. The fraction of sp³-hybridized carbons (Fsp3) is 0.200. The van der Waals surface area contributed by atoms with Crippen molar-refractivity contribution < 1.29 is 9.18 Å². The molecule has 1 rings (SSSR count). The van der Waals surface area contributed by atoms with Crippen LogP contribution in [0.1, 0.15) is 0 Å². The van der Waals surface area contributed by atoms with Crippen molar-refractivity contribution >= 4 is 23.2 Å². The van der Waals surface area contributed by atoms with Gasteiger partial charge in [0.15, 0.2) is 0 Å². The Kier molecular flexibility index (Phi) is 4.55. The minimum atomic E-state index is -0.440. The average Bonchev–Trinajstić information content (AvgIpc) is 2.27. The molecule has 1 amide bonds. The average molecular weight is 242 g/mol. The van der Waals surface area contributed by atoms with Gasteiger partial charge >= 0.3 is 0 Å². The van der Waals surface area contributed by atoms with Crippen molar-refractivity contribution in [3.8, 4) is 6.07 Å². The van der Waals surface area contributed by atoms with Crippen LogP contribution < -0.4 is 10.6 Å². The molecule has 0 radical (unpaired) electrons. The van der Waals surface area contributed by atoms with Crippen LogP contribution in [0.25, 0.3) is 0 Å². The van der Waals surface area contributed by atoms with Crippen LogP contribution in [0.5, 0.6) is 0 Å². The summed E-state index contributed by atoms with van der Waals surface area (Å²) in [7, 11) is 0. The minimum Gasteiger partial charge on any atom is -0.375 e. The Bertz CT molecular complexity index is 431. The maximum absolute atomic E-state index is 12.8. The molecule has 1 aromatic carbocycles. The molecule has 0 aliphatic carbocycles. The number of anilines is 1. The summed E-state index contributed by atoms with van der Waals surface area (Å²) in [5, 5.41) is 13.6. The predicted molar refractivity (Wildman–Crippen MR) is 58.5 cm³/mol. The number of amides is 1. The van der Waals surface area contributed by atoms with Crippen molar-refractivity contribution in [3.63, 3.8) is 0 Å². The van der Waals surface area contributed by atoms with E-state index in [4.69, 9.17) is 16.9 Å². The van der Waals surface area contributed by atoms with Crippen molar-refractivity contribution in [2.24, 2.45) is 0 Å². The maximum Gasteiger partial charge on any atom is 0.240 e. The van der Waals surface area contributed by atoms with Crippen LogP contribution in [-0.4, -0.2) is 19.0 Å². The number of nitriles is 1. The second-order valence-corrected chi connectivity index (χ2v) is 3.32. The summed E-state index contributed by atoms with van der Waals surface area (Å²) in [6.45, 7) is -0.123. The number of hydrogen-bond donors (Lipinski definition) is 2. The number of halogens is 2. The fourth-order valence-electron chi connectivity index (χ4n) is 1.01. The molecule has 0 saturated heterocycles. The molecule has 0 aromatic heterocycles. The molecule has 0 atom stereocenters. The van der Waals surface area contributed by atoms with E-state index in [-0.39, 0.29) is 19.0 Å². The lowest BCUT2D eigenvalue weighted by Crippen LogP contribution is -2.30. The molecule has 0 heterocycles. The summed E-state index contributed by atoms with van der Waals surface area (Å²) < 4.78 is 12.8. The maximum atomic E-state index is 12.8. The number of nitrogens with one attached hydrogen (secondary N) is 2. The lowest BCUT2D eigenvalue weighted by molar-refractivity contribution is -0.119. The third-order valence-electron chi connectivity index (χ3n) is 1.73. The molecule has 4 nitrogen and oxygen atoms in total. The van der Waals surface area contributed by atoms with Crippen LogP contribution in [0.15, 0.2) is 18.2 Å². The van der Waals surface area contributed by atoms with Crippen LogP contribution in [-0.2, 0) is 4.79 Å². The van der Waals surface area contributed by atoms with E-state index in [1.807, 2.05) is 0 Å². The lowest BCUT2D eigenvalue weighted by atomic mass is 10.3. The van der Waals surface area contributed by atoms with Crippen LogP contribution in [0, 0.1) is 17.1 Å². The van der Waals surface area contributed by atoms with Gasteiger partial charge in [-0.15, -0.1) is 0 Å². The van der Waals surface area contributed by atoms with Crippen LogP contribution >= 0.6 is 11.6 Å². The van der Waals surface area contributed by atoms with E-state index in [9.17, 15) is 9.18 Å². The molecule has 16 heavy (non-hydrogen) atoms. The van der Waals surface area contributed by atoms with Gasteiger partial charge in [-0.2, -0.15) is 5.26 Å². The molecular weight excluding hydrogens is 233 g/mol. The van der Waals surface area contributed by atoms with E-state index >= 15 is 0 Å². The van der Waals surface area contributed by atoms with Crippen molar-refractivity contribution in [1.82, 2.24) is 5.32 Å².